The van der Waals surface area contributed by atoms with Crippen LogP contribution in [0.5, 0.6) is 0 Å². The lowest BCUT2D eigenvalue weighted by molar-refractivity contribution is 0.167. The molecule has 0 aromatic carbocycles. The Morgan fingerprint density at radius 1 is 1.30 bits per heavy atom. The molecule has 0 saturated heterocycles. The van der Waals surface area contributed by atoms with Crippen molar-refractivity contribution in [3.05, 3.63) is 11.7 Å². The minimum atomic E-state index is -3.03. The molecule has 1 heterocycles. The van der Waals surface area contributed by atoms with Gasteiger partial charge in [-0.3, -0.25) is 4.90 Å². The van der Waals surface area contributed by atoms with E-state index in [9.17, 15) is 8.42 Å². The van der Waals surface area contributed by atoms with Gasteiger partial charge < -0.3 is 4.52 Å². The molecule has 0 spiro atoms. The SMILES string of the molecule is CC(C)CCc1noc(CN(C)[C@H]2CCCC[C@H]2S(C)(=O)=O)n1. The zero-order chi connectivity index (χ0) is 17.0. The van der Waals surface area contributed by atoms with Crippen molar-refractivity contribution in [2.24, 2.45) is 5.92 Å². The molecule has 1 aliphatic carbocycles. The van der Waals surface area contributed by atoms with Crippen molar-refractivity contribution in [1.29, 1.82) is 0 Å². The molecule has 0 aliphatic heterocycles. The molecular formula is C16H29N3O3S. The molecule has 0 amide bonds. The predicted octanol–water partition coefficient (Wildman–Crippen LogP) is 2.45. The fourth-order valence-electron chi connectivity index (χ4n) is 3.29. The Morgan fingerprint density at radius 2 is 2.00 bits per heavy atom. The second kappa shape index (κ2) is 7.75. The van der Waals surface area contributed by atoms with Crippen LogP contribution in [0.25, 0.3) is 0 Å². The van der Waals surface area contributed by atoms with Crippen LogP contribution in [0.15, 0.2) is 4.52 Å². The standard InChI is InChI=1S/C16H29N3O3S/c1-12(2)9-10-15-17-16(22-18-15)11-19(3)13-7-5-6-8-14(13)23(4,20)21/h12-14H,5-11H2,1-4H3/t13-,14+/m0/s1. The Labute approximate surface area is 139 Å². The number of sulfone groups is 1. The van der Waals surface area contributed by atoms with Gasteiger partial charge in [-0.1, -0.05) is 31.8 Å². The molecule has 0 bridgehead atoms. The molecule has 0 N–H and O–H groups in total. The Hall–Kier alpha value is -0.950. The number of rotatable bonds is 7. The third-order valence-electron chi connectivity index (χ3n) is 4.62. The van der Waals surface area contributed by atoms with Crippen LogP contribution in [0.2, 0.25) is 0 Å². The first kappa shape index (κ1) is 18.4. The van der Waals surface area contributed by atoms with E-state index in [2.05, 4.69) is 28.9 Å². The maximum absolute atomic E-state index is 12.0. The van der Waals surface area contributed by atoms with Crippen molar-refractivity contribution < 1.29 is 12.9 Å². The number of hydrogen-bond donors (Lipinski definition) is 0. The smallest absolute Gasteiger partial charge is 0.240 e. The van der Waals surface area contributed by atoms with Crippen LogP contribution in [0.1, 0.15) is 57.7 Å². The first-order valence-corrected chi connectivity index (χ1v) is 10.4. The summed E-state index contributed by atoms with van der Waals surface area (Å²) in [5, 5.41) is 3.74. The number of aryl methyl sites for hydroxylation is 1. The number of hydrogen-bond acceptors (Lipinski definition) is 6. The van der Waals surface area contributed by atoms with E-state index in [-0.39, 0.29) is 11.3 Å². The second-order valence-electron chi connectivity index (χ2n) is 7.17. The van der Waals surface area contributed by atoms with Gasteiger partial charge in [0.15, 0.2) is 15.7 Å². The molecule has 23 heavy (non-hydrogen) atoms. The molecule has 6 nitrogen and oxygen atoms in total. The lowest BCUT2D eigenvalue weighted by Gasteiger charge is -2.36. The van der Waals surface area contributed by atoms with E-state index in [1.807, 2.05) is 7.05 Å². The third-order valence-corrected chi connectivity index (χ3v) is 6.27. The summed E-state index contributed by atoms with van der Waals surface area (Å²) in [6.45, 7) is 4.84. The minimum Gasteiger partial charge on any atom is -0.338 e. The zero-order valence-corrected chi connectivity index (χ0v) is 15.5. The summed E-state index contributed by atoms with van der Waals surface area (Å²) in [6, 6.07) is 0.0322. The highest BCUT2D eigenvalue weighted by Crippen LogP contribution is 2.28. The van der Waals surface area contributed by atoms with Crippen molar-refractivity contribution in [3.63, 3.8) is 0 Å². The molecule has 132 valence electrons. The first-order valence-electron chi connectivity index (χ1n) is 8.48. The van der Waals surface area contributed by atoms with Crippen molar-refractivity contribution in [2.45, 2.75) is 70.2 Å². The maximum Gasteiger partial charge on any atom is 0.240 e. The van der Waals surface area contributed by atoms with Gasteiger partial charge in [-0.05, 0) is 32.2 Å². The highest BCUT2D eigenvalue weighted by atomic mass is 32.2. The summed E-state index contributed by atoms with van der Waals surface area (Å²) in [4.78, 5) is 6.50. The average molecular weight is 343 g/mol. The molecule has 1 fully saturated rings. The van der Waals surface area contributed by atoms with Crippen LogP contribution in [-0.2, 0) is 22.8 Å². The van der Waals surface area contributed by atoms with Crippen molar-refractivity contribution >= 4 is 9.84 Å². The lowest BCUT2D eigenvalue weighted by Crippen LogP contribution is -2.46. The number of aromatic nitrogens is 2. The van der Waals surface area contributed by atoms with E-state index >= 15 is 0 Å². The van der Waals surface area contributed by atoms with Gasteiger partial charge in [-0.15, -0.1) is 0 Å². The Bertz CT molecular complexity index is 597. The molecule has 1 aromatic rings. The second-order valence-corrected chi connectivity index (χ2v) is 9.44. The van der Waals surface area contributed by atoms with Gasteiger partial charge in [0.05, 0.1) is 11.8 Å². The summed E-state index contributed by atoms with van der Waals surface area (Å²) in [5.74, 6) is 1.92. The van der Waals surface area contributed by atoms with Crippen molar-refractivity contribution in [1.82, 2.24) is 15.0 Å². The van der Waals surface area contributed by atoms with Gasteiger partial charge in [0, 0.05) is 18.7 Å². The molecule has 7 heteroatoms. The zero-order valence-electron chi connectivity index (χ0n) is 14.7. The van der Waals surface area contributed by atoms with Crippen LogP contribution in [0.4, 0.5) is 0 Å². The van der Waals surface area contributed by atoms with Crippen molar-refractivity contribution in [3.8, 4) is 0 Å². The molecule has 2 rings (SSSR count). The summed E-state index contributed by atoms with van der Waals surface area (Å²) in [6.07, 6.45) is 6.92. The minimum absolute atomic E-state index is 0.0322. The number of nitrogens with zero attached hydrogens (tertiary/aromatic N) is 3. The van der Waals surface area contributed by atoms with E-state index in [0.717, 1.165) is 44.3 Å². The first-order chi connectivity index (χ1) is 10.8. The molecule has 2 atom stereocenters. The highest BCUT2D eigenvalue weighted by Gasteiger charge is 2.35. The monoisotopic (exact) mass is 343 g/mol. The fraction of sp³-hybridized carbons (Fsp3) is 0.875. The molecule has 0 radical (unpaired) electrons. The van der Waals surface area contributed by atoms with Gasteiger partial charge in [0.2, 0.25) is 5.89 Å². The van der Waals surface area contributed by atoms with Crippen molar-refractivity contribution in [2.75, 3.05) is 13.3 Å². The van der Waals surface area contributed by atoms with E-state index in [1.54, 1.807) is 0 Å². The normalized spacial score (nSPS) is 22.9. The quantitative estimate of drug-likeness (QED) is 0.757. The summed E-state index contributed by atoms with van der Waals surface area (Å²) in [7, 11) is -1.08. The molecular weight excluding hydrogens is 314 g/mol. The van der Waals surface area contributed by atoms with Gasteiger partial charge in [-0.2, -0.15) is 4.98 Å². The van der Waals surface area contributed by atoms with E-state index in [0.29, 0.717) is 18.4 Å². The summed E-state index contributed by atoms with van der Waals surface area (Å²) in [5.41, 5.74) is 0. The third kappa shape index (κ3) is 5.28. The largest absolute Gasteiger partial charge is 0.338 e. The predicted molar refractivity (Wildman–Crippen MR) is 89.8 cm³/mol. The van der Waals surface area contributed by atoms with E-state index in [4.69, 9.17) is 4.52 Å². The van der Waals surface area contributed by atoms with Gasteiger partial charge in [0.25, 0.3) is 0 Å². The van der Waals surface area contributed by atoms with E-state index < -0.39 is 9.84 Å². The highest BCUT2D eigenvalue weighted by molar-refractivity contribution is 7.91. The fourth-order valence-corrected chi connectivity index (χ4v) is 4.79. The van der Waals surface area contributed by atoms with Crippen LogP contribution in [0.3, 0.4) is 0 Å². The molecule has 1 aliphatic rings. The molecule has 1 saturated carbocycles. The summed E-state index contributed by atoms with van der Waals surface area (Å²) < 4.78 is 29.4. The Kier molecular flexibility index (Phi) is 6.19. The molecule has 0 unspecified atom stereocenters. The average Bonchev–Trinajstić information content (AvgIpc) is 2.92. The van der Waals surface area contributed by atoms with Crippen LogP contribution in [0, 0.1) is 5.92 Å². The Balaban J connectivity index is 1.98. The van der Waals surface area contributed by atoms with Crippen LogP contribution < -0.4 is 0 Å². The Morgan fingerprint density at radius 3 is 2.65 bits per heavy atom. The maximum atomic E-state index is 12.0. The van der Waals surface area contributed by atoms with Gasteiger partial charge in [0.1, 0.15) is 0 Å². The van der Waals surface area contributed by atoms with Gasteiger partial charge >= 0.3 is 0 Å². The topological polar surface area (TPSA) is 76.3 Å². The van der Waals surface area contributed by atoms with E-state index in [1.165, 1.54) is 6.26 Å². The molecule has 1 aromatic heterocycles. The summed E-state index contributed by atoms with van der Waals surface area (Å²) >= 11 is 0. The van der Waals surface area contributed by atoms with Gasteiger partial charge in [-0.25, -0.2) is 8.42 Å². The lowest BCUT2D eigenvalue weighted by atomic mass is 9.94. The van der Waals surface area contributed by atoms with Crippen LogP contribution >= 0.6 is 0 Å². The van der Waals surface area contributed by atoms with Crippen LogP contribution in [-0.4, -0.2) is 48.1 Å².